The van der Waals surface area contributed by atoms with E-state index in [1.54, 1.807) is 13.8 Å². The molecular formula is C10H15NO5. The normalized spacial score (nSPS) is 32.4. The molecular weight excluding hydrogens is 214 g/mol. The molecule has 0 aromatic carbocycles. The van der Waals surface area contributed by atoms with Crippen molar-refractivity contribution in [3.63, 3.8) is 0 Å². The van der Waals surface area contributed by atoms with Gasteiger partial charge in [0.1, 0.15) is 6.10 Å². The summed E-state index contributed by atoms with van der Waals surface area (Å²) < 4.78 is 15.7. The maximum atomic E-state index is 11.6. The van der Waals surface area contributed by atoms with E-state index in [0.29, 0.717) is 0 Å². The Labute approximate surface area is 93.4 Å². The summed E-state index contributed by atoms with van der Waals surface area (Å²) in [7, 11) is 1.25. The maximum Gasteiger partial charge on any atom is 0.416 e. The molecule has 0 bridgehead atoms. The first-order valence-electron chi connectivity index (χ1n) is 5.17. The van der Waals surface area contributed by atoms with E-state index in [9.17, 15) is 9.59 Å². The van der Waals surface area contributed by atoms with Gasteiger partial charge in [0.05, 0.1) is 26.2 Å². The fraction of sp³-hybridized carbons (Fsp3) is 0.800. The highest BCUT2D eigenvalue weighted by molar-refractivity contribution is 5.92. The Morgan fingerprint density at radius 1 is 1.44 bits per heavy atom. The summed E-state index contributed by atoms with van der Waals surface area (Å²) in [6.45, 7) is 3.77. The molecule has 2 amide bonds. The van der Waals surface area contributed by atoms with Crippen molar-refractivity contribution in [1.29, 1.82) is 0 Å². The molecule has 2 saturated heterocycles. The first kappa shape index (κ1) is 11.3. The summed E-state index contributed by atoms with van der Waals surface area (Å²) in [6, 6.07) is 0. The molecule has 90 valence electrons. The number of nitrogens with zero attached hydrogens (tertiary/aromatic N) is 1. The van der Waals surface area contributed by atoms with Crippen molar-refractivity contribution in [2.24, 2.45) is 0 Å². The van der Waals surface area contributed by atoms with Crippen LogP contribution in [0, 0.1) is 0 Å². The van der Waals surface area contributed by atoms with E-state index in [1.165, 1.54) is 7.11 Å². The molecule has 2 fully saturated rings. The fourth-order valence-corrected chi connectivity index (χ4v) is 2.09. The van der Waals surface area contributed by atoms with Crippen LogP contribution in [0.15, 0.2) is 0 Å². The number of rotatable bonds is 0. The third kappa shape index (κ3) is 1.90. The van der Waals surface area contributed by atoms with Gasteiger partial charge in [-0.25, -0.2) is 9.69 Å². The smallest absolute Gasteiger partial charge is 0.416 e. The van der Waals surface area contributed by atoms with Gasteiger partial charge in [-0.05, 0) is 13.8 Å². The van der Waals surface area contributed by atoms with Gasteiger partial charge < -0.3 is 14.2 Å². The molecule has 16 heavy (non-hydrogen) atoms. The number of carbonyl (C=O) groups excluding carboxylic acids is 2. The minimum atomic E-state index is -0.693. The predicted octanol–water partition coefficient (Wildman–Crippen LogP) is 0.505. The summed E-state index contributed by atoms with van der Waals surface area (Å²) in [5, 5.41) is 0. The van der Waals surface area contributed by atoms with Crippen molar-refractivity contribution >= 4 is 12.0 Å². The molecule has 2 aliphatic heterocycles. The molecule has 0 aromatic heterocycles. The molecule has 0 N–H and O–H groups in total. The van der Waals surface area contributed by atoms with Crippen molar-refractivity contribution in [1.82, 2.24) is 4.90 Å². The zero-order chi connectivity index (χ0) is 11.9. The second-order valence-corrected chi connectivity index (χ2v) is 4.39. The van der Waals surface area contributed by atoms with Crippen molar-refractivity contribution in [2.75, 3.05) is 13.7 Å². The number of hydrogen-bond acceptors (Lipinski definition) is 5. The number of carbonyl (C=O) groups is 2. The molecule has 6 nitrogen and oxygen atoms in total. The number of fused-ring (bicyclic) bond motifs is 1. The number of hydrogen-bond donors (Lipinski definition) is 0. The number of piperidine rings is 1. The highest BCUT2D eigenvalue weighted by Crippen LogP contribution is 2.33. The van der Waals surface area contributed by atoms with Crippen LogP contribution in [0.25, 0.3) is 0 Å². The van der Waals surface area contributed by atoms with Crippen LogP contribution in [-0.2, 0) is 19.0 Å². The fourth-order valence-electron chi connectivity index (χ4n) is 2.09. The van der Waals surface area contributed by atoms with E-state index in [2.05, 4.69) is 4.74 Å². The van der Waals surface area contributed by atoms with Crippen LogP contribution in [-0.4, -0.2) is 48.5 Å². The summed E-state index contributed by atoms with van der Waals surface area (Å²) in [5.74, 6) is -0.976. The van der Waals surface area contributed by atoms with Crippen molar-refractivity contribution in [3.8, 4) is 0 Å². The average molecular weight is 229 g/mol. The molecule has 0 saturated carbocycles. The van der Waals surface area contributed by atoms with Crippen LogP contribution in [0.3, 0.4) is 0 Å². The quantitative estimate of drug-likeness (QED) is 0.605. The average Bonchev–Trinajstić information content (AvgIpc) is 2.48. The Hall–Kier alpha value is -1.14. The minimum Gasteiger partial charge on any atom is -0.452 e. The molecule has 0 radical (unpaired) electrons. The first-order chi connectivity index (χ1) is 7.43. The van der Waals surface area contributed by atoms with E-state index >= 15 is 0 Å². The van der Waals surface area contributed by atoms with Crippen LogP contribution in [0.1, 0.15) is 20.3 Å². The summed E-state index contributed by atoms with van der Waals surface area (Å²) in [4.78, 5) is 24.0. The van der Waals surface area contributed by atoms with Gasteiger partial charge >= 0.3 is 6.09 Å². The molecule has 0 aromatic rings. The van der Waals surface area contributed by atoms with Gasteiger partial charge in [0, 0.05) is 0 Å². The van der Waals surface area contributed by atoms with E-state index in [-0.39, 0.29) is 31.1 Å². The van der Waals surface area contributed by atoms with E-state index < -0.39 is 11.9 Å². The van der Waals surface area contributed by atoms with Gasteiger partial charge in [-0.15, -0.1) is 0 Å². The van der Waals surface area contributed by atoms with Gasteiger partial charge in [0.25, 0.3) is 0 Å². The SMILES string of the molecule is COC(=O)N1C[C@H]2OC(C)(C)O[C@H]2CC1=O. The third-order valence-corrected chi connectivity index (χ3v) is 2.72. The third-order valence-electron chi connectivity index (χ3n) is 2.72. The van der Waals surface area contributed by atoms with Crippen molar-refractivity contribution < 1.29 is 23.8 Å². The Morgan fingerprint density at radius 2 is 2.06 bits per heavy atom. The standard InChI is InChI=1S/C10H15NO5/c1-10(2)15-6-4-8(12)11(9(13)14-3)5-7(6)16-10/h6-7H,4-5H2,1-3H3/t6-,7+/m0/s1. The van der Waals surface area contributed by atoms with Crippen molar-refractivity contribution in [3.05, 3.63) is 0 Å². The van der Waals surface area contributed by atoms with Gasteiger partial charge in [0.2, 0.25) is 5.91 Å². The molecule has 0 aliphatic carbocycles. The van der Waals surface area contributed by atoms with Gasteiger partial charge in [0.15, 0.2) is 5.79 Å². The molecule has 2 rings (SSSR count). The lowest BCUT2D eigenvalue weighted by Crippen LogP contribution is -2.51. The predicted molar refractivity (Wildman–Crippen MR) is 52.6 cm³/mol. The zero-order valence-electron chi connectivity index (χ0n) is 9.56. The summed E-state index contributed by atoms with van der Waals surface area (Å²) >= 11 is 0. The Kier molecular flexibility index (Phi) is 2.63. The van der Waals surface area contributed by atoms with Crippen molar-refractivity contribution in [2.45, 2.75) is 38.3 Å². The number of amides is 2. The van der Waals surface area contributed by atoms with Crippen LogP contribution >= 0.6 is 0 Å². The van der Waals surface area contributed by atoms with Gasteiger partial charge in [-0.2, -0.15) is 0 Å². The second-order valence-electron chi connectivity index (χ2n) is 4.39. The lowest BCUT2D eigenvalue weighted by atomic mass is 10.1. The maximum absolute atomic E-state index is 11.6. The van der Waals surface area contributed by atoms with Crippen LogP contribution in [0.4, 0.5) is 4.79 Å². The minimum absolute atomic E-state index is 0.156. The molecule has 0 unspecified atom stereocenters. The highest BCUT2D eigenvalue weighted by Gasteiger charge is 2.48. The Morgan fingerprint density at radius 3 is 2.69 bits per heavy atom. The van der Waals surface area contributed by atoms with E-state index in [0.717, 1.165) is 4.90 Å². The molecule has 2 aliphatic rings. The van der Waals surface area contributed by atoms with Gasteiger partial charge in [-0.1, -0.05) is 0 Å². The monoisotopic (exact) mass is 229 g/mol. The van der Waals surface area contributed by atoms with E-state index in [4.69, 9.17) is 9.47 Å². The Balaban J connectivity index is 2.10. The molecule has 2 atom stereocenters. The number of imide groups is 1. The topological polar surface area (TPSA) is 65.1 Å². The zero-order valence-corrected chi connectivity index (χ0v) is 9.56. The molecule has 2 heterocycles. The van der Waals surface area contributed by atoms with Crippen LogP contribution in [0.2, 0.25) is 0 Å². The Bertz CT molecular complexity index is 327. The van der Waals surface area contributed by atoms with Crippen LogP contribution < -0.4 is 0 Å². The number of methoxy groups -OCH3 is 1. The molecule has 6 heteroatoms. The second kappa shape index (κ2) is 3.71. The summed E-state index contributed by atoms with van der Waals surface area (Å²) in [5.41, 5.74) is 0. The highest BCUT2D eigenvalue weighted by atomic mass is 16.8. The van der Waals surface area contributed by atoms with Crippen LogP contribution in [0.5, 0.6) is 0 Å². The van der Waals surface area contributed by atoms with Gasteiger partial charge in [-0.3, -0.25) is 4.79 Å². The summed E-state index contributed by atoms with van der Waals surface area (Å²) in [6.07, 6.45) is -1.00. The first-order valence-corrected chi connectivity index (χ1v) is 5.17. The number of likely N-dealkylation sites (tertiary alicyclic amines) is 1. The lowest BCUT2D eigenvalue weighted by Gasteiger charge is -2.29. The molecule has 0 spiro atoms. The van der Waals surface area contributed by atoms with E-state index in [1.807, 2.05) is 0 Å². The lowest BCUT2D eigenvalue weighted by molar-refractivity contribution is -0.145. The number of ether oxygens (including phenoxy) is 3. The largest absolute Gasteiger partial charge is 0.452 e.